The van der Waals surface area contributed by atoms with Crippen molar-refractivity contribution < 1.29 is 9.47 Å². The van der Waals surface area contributed by atoms with Crippen molar-refractivity contribution >= 4 is 0 Å². The highest BCUT2D eigenvalue weighted by Gasteiger charge is 2.21. The van der Waals surface area contributed by atoms with Crippen molar-refractivity contribution in [2.75, 3.05) is 13.2 Å². The van der Waals surface area contributed by atoms with E-state index in [2.05, 4.69) is 6.58 Å². The summed E-state index contributed by atoms with van der Waals surface area (Å²) in [6.07, 6.45) is 10.3. The highest BCUT2D eigenvalue weighted by Crippen LogP contribution is 2.29. The molecule has 0 aromatic rings. The van der Waals surface area contributed by atoms with E-state index in [-0.39, 0.29) is 0 Å². The summed E-state index contributed by atoms with van der Waals surface area (Å²) in [4.78, 5) is 0. The summed E-state index contributed by atoms with van der Waals surface area (Å²) < 4.78 is 10.6. The van der Waals surface area contributed by atoms with Gasteiger partial charge in [0.05, 0.1) is 25.7 Å². The van der Waals surface area contributed by atoms with Gasteiger partial charge >= 0.3 is 0 Å². The molecule has 0 unspecified atom stereocenters. The van der Waals surface area contributed by atoms with Crippen LogP contribution in [0.5, 0.6) is 0 Å². The van der Waals surface area contributed by atoms with Gasteiger partial charge < -0.3 is 9.47 Å². The second-order valence-corrected chi connectivity index (χ2v) is 4.19. The minimum absolute atomic E-state index is 0.723. The summed E-state index contributed by atoms with van der Waals surface area (Å²) in [6.45, 7) is 7.25. The van der Waals surface area contributed by atoms with Gasteiger partial charge in [-0.15, -0.1) is 0 Å². The second kappa shape index (κ2) is 7.38. The van der Waals surface area contributed by atoms with Crippen LogP contribution >= 0.6 is 0 Å². The Morgan fingerprint density at radius 1 is 1.07 bits per heavy atom. The maximum Gasteiger partial charge on any atom is 0.0901 e. The molecule has 0 saturated heterocycles. The lowest BCUT2D eigenvalue weighted by Gasteiger charge is -2.27. The van der Waals surface area contributed by atoms with Crippen molar-refractivity contribution in [2.45, 2.75) is 32.6 Å². The van der Waals surface area contributed by atoms with Crippen LogP contribution in [0, 0.1) is 11.8 Å². The molecule has 15 heavy (non-hydrogen) atoms. The first-order valence-corrected chi connectivity index (χ1v) is 5.82. The Bertz CT molecular complexity index is 191. The van der Waals surface area contributed by atoms with Crippen LogP contribution in [0.1, 0.15) is 32.6 Å². The minimum atomic E-state index is 0.723. The molecule has 1 aliphatic rings. The SMILES string of the molecule is C=COCC1CCC(CO/C=C\C)CC1. The Morgan fingerprint density at radius 3 is 2.07 bits per heavy atom. The highest BCUT2D eigenvalue weighted by molar-refractivity contribution is 4.74. The third kappa shape index (κ3) is 4.91. The molecule has 0 bridgehead atoms. The van der Waals surface area contributed by atoms with Crippen molar-refractivity contribution in [3.8, 4) is 0 Å². The molecule has 1 rings (SSSR count). The molecule has 0 aromatic carbocycles. The average Bonchev–Trinajstić information content (AvgIpc) is 2.28. The molecule has 0 aromatic heterocycles. The van der Waals surface area contributed by atoms with Crippen LogP contribution in [0.2, 0.25) is 0 Å². The largest absolute Gasteiger partial charge is 0.502 e. The van der Waals surface area contributed by atoms with Crippen LogP contribution in [0.15, 0.2) is 25.2 Å². The van der Waals surface area contributed by atoms with Crippen molar-refractivity contribution in [3.05, 3.63) is 25.2 Å². The van der Waals surface area contributed by atoms with Gasteiger partial charge in [0, 0.05) is 0 Å². The number of ether oxygens (including phenoxy) is 2. The molecule has 0 radical (unpaired) electrons. The molecule has 0 aliphatic heterocycles. The first-order valence-electron chi connectivity index (χ1n) is 5.82. The monoisotopic (exact) mass is 210 g/mol. The van der Waals surface area contributed by atoms with Crippen LogP contribution in [0.25, 0.3) is 0 Å². The zero-order valence-corrected chi connectivity index (χ0v) is 9.65. The molecule has 86 valence electrons. The Balaban J connectivity index is 2.09. The lowest BCUT2D eigenvalue weighted by atomic mass is 9.83. The van der Waals surface area contributed by atoms with Crippen LogP contribution < -0.4 is 0 Å². The molecule has 0 heterocycles. The van der Waals surface area contributed by atoms with Gasteiger partial charge in [-0.05, 0) is 44.4 Å². The Morgan fingerprint density at radius 2 is 1.60 bits per heavy atom. The van der Waals surface area contributed by atoms with E-state index in [1.165, 1.54) is 25.7 Å². The van der Waals surface area contributed by atoms with E-state index in [0.29, 0.717) is 0 Å². The fourth-order valence-corrected chi connectivity index (χ4v) is 2.06. The number of hydrogen-bond acceptors (Lipinski definition) is 2. The zero-order valence-electron chi connectivity index (χ0n) is 9.65. The smallest absolute Gasteiger partial charge is 0.0901 e. The van der Waals surface area contributed by atoms with Crippen molar-refractivity contribution in [3.63, 3.8) is 0 Å². The number of rotatable bonds is 6. The van der Waals surface area contributed by atoms with Gasteiger partial charge in [-0.25, -0.2) is 0 Å². The minimum Gasteiger partial charge on any atom is -0.502 e. The van der Waals surface area contributed by atoms with Gasteiger partial charge in [-0.1, -0.05) is 12.7 Å². The average molecular weight is 210 g/mol. The first-order chi connectivity index (χ1) is 7.36. The Labute approximate surface area is 93.0 Å². The van der Waals surface area contributed by atoms with Gasteiger partial charge in [-0.2, -0.15) is 0 Å². The molecule has 0 atom stereocenters. The predicted molar refractivity (Wildman–Crippen MR) is 62.4 cm³/mol. The highest BCUT2D eigenvalue weighted by atomic mass is 16.5. The van der Waals surface area contributed by atoms with Crippen LogP contribution in [0.4, 0.5) is 0 Å². The van der Waals surface area contributed by atoms with E-state index >= 15 is 0 Å². The maximum atomic E-state index is 5.41. The lowest BCUT2D eigenvalue weighted by molar-refractivity contribution is 0.114. The molecular weight excluding hydrogens is 188 g/mol. The second-order valence-electron chi connectivity index (χ2n) is 4.19. The van der Waals surface area contributed by atoms with E-state index in [1.807, 2.05) is 13.0 Å². The van der Waals surface area contributed by atoms with Gasteiger partial charge in [0.2, 0.25) is 0 Å². The quantitative estimate of drug-likeness (QED) is 0.625. The molecule has 2 nitrogen and oxygen atoms in total. The van der Waals surface area contributed by atoms with E-state index in [4.69, 9.17) is 9.47 Å². The summed E-state index contributed by atoms with van der Waals surface area (Å²) in [7, 11) is 0. The molecule has 1 aliphatic carbocycles. The van der Waals surface area contributed by atoms with E-state index < -0.39 is 0 Å². The maximum absolute atomic E-state index is 5.41. The third-order valence-electron chi connectivity index (χ3n) is 2.98. The van der Waals surface area contributed by atoms with E-state index in [0.717, 1.165) is 25.0 Å². The zero-order chi connectivity index (χ0) is 10.9. The fourth-order valence-electron chi connectivity index (χ4n) is 2.06. The van der Waals surface area contributed by atoms with Crippen molar-refractivity contribution in [1.82, 2.24) is 0 Å². The summed E-state index contributed by atoms with van der Waals surface area (Å²) in [5.74, 6) is 1.46. The number of allylic oxidation sites excluding steroid dienone is 1. The molecule has 0 spiro atoms. The van der Waals surface area contributed by atoms with Crippen LogP contribution in [0.3, 0.4) is 0 Å². The molecule has 1 saturated carbocycles. The van der Waals surface area contributed by atoms with Gasteiger partial charge in [-0.3, -0.25) is 0 Å². The first kappa shape index (κ1) is 12.2. The van der Waals surface area contributed by atoms with E-state index in [1.54, 1.807) is 12.5 Å². The normalized spacial score (nSPS) is 26.5. The van der Waals surface area contributed by atoms with Crippen LogP contribution in [-0.2, 0) is 9.47 Å². The van der Waals surface area contributed by atoms with Crippen molar-refractivity contribution in [1.29, 1.82) is 0 Å². The third-order valence-corrected chi connectivity index (χ3v) is 2.98. The summed E-state index contributed by atoms with van der Waals surface area (Å²) in [5.41, 5.74) is 0. The predicted octanol–water partition coefficient (Wildman–Crippen LogP) is 3.50. The lowest BCUT2D eigenvalue weighted by Crippen LogP contribution is -2.20. The van der Waals surface area contributed by atoms with Gasteiger partial charge in [0.1, 0.15) is 0 Å². The summed E-state index contributed by atoms with van der Waals surface area (Å²) in [5, 5.41) is 0. The molecule has 2 heteroatoms. The summed E-state index contributed by atoms with van der Waals surface area (Å²) in [6, 6.07) is 0. The van der Waals surface area contributed by atoms with Crippen molar-refractivity contribution in [2.24, 2.45) is 11.8 Å². The number of hydrogen-bond donors (Lipinski definition) is 0. The fraction of sp³-hybridized carbons (Fsp3) is 0.692. The van der Waals surface area contributed by atoms with Crippen LogP contribution in [-0.4, -0.2) is 13.2 Å². The summed E-state index contributed by atoms with van der Waals surface area (Å²) >= 11 is 0. The standard InChI is InChI=1S/C13H22O2/c1-3-9-15-11-13-7-5-12(6-8-13)10-14-4-2/h3-4,9,12-13H,2,5-8,10-11H2,1H3/b9-3-. The van der Waals surface area contributed by atoms with Gasteiger partial charge in [0.15, 0.2) is 0 Å². The topological polar surface area (TPSA) is 18.5 Å². The molecular formula is C13H22O2. The van der Waals surface area contributed by atoms with Gasteiger partial charge in [0.25, 0.3) is 0 Å². The molecule has 0 N–H and O–H groups in total. The Kier molecular flexibility index (Phi) is 5.98. The molecule has 0 amide bonds. The van der Waals surface area contributed by atoms with E-state index in [9.17, 15) is 0 Å². The molecule has 1 fully saturated rings. The Hall–Kier alpha value is -0.920.